The van der Waals surface area contributed by atoms with Gasteiger partial charge in [-0.05, 0) is 52.7 Å². The van der Waals surface area contributed by atoms with Crippen LogP contribution in [0, 0.1) is 13.8 Å². The molecule has 1 rings (SSSR count). The van der Waals surface area contributed by atoms with Gasteiger partial charge in [0.25, 0.3) is 0 Å². The van der Waals surface area contributed by atoms with Crippen molar-refractivity contribution in [3.63, 3.8) is 0 Å². The molecule has 9 heteroatoms. The van der Waals surface area contributed by atoms with E-state index < -0.39 is 11.9 Å². The Balaban J connectivity index is 0. The molecule has 0 aliphatic carbocycles. The van der Waals surface area contributed by atoms with E-state index in [1.54, 1.807) is 13.8 Å². The summed E-state index contributed by atoms with van der Waals surface area (Å²) < 4.78 is 1.97. The summed E-state index contributed by atoms with van der Waals surface area (Å²) in [6, 6.07) is 0. The van der Waals surface area contributed by atoms with Gasteiger partial charge in [0, 0.05) is 0 Å². The molecular weight excluding hydrogens is 420 g/mol. The Kier molecular flexibility index (Phi) is 15.6. The molecule has 0 bridgehead atoms. The fourth-order valence-electron chi connectivity index (χ4n) is 2.55. The van der Waals surface area contributed by atoms with Gasteiger partial charge in [-0.15, -0.1) is 11.3 Å². The van der Waals surface area contributed by atoms with Crippen molar-refractivity contribution in [2.45, 2.75) is 41.5 Å². The molecular formula is C22H42N2O6S. The van der Waals surface area contributed by atoms with Crippen LogP contribution in [0.15, 0.2) is 0 Å². The molecule has 0 amide bonds. The van der Waals surface area contributed by atoms with Crippen LogP contribution in [0.2, 0.25) is 0 Å². The molecule has 0 aromatic carbocycles. The number of hydrogen-bond acceptors (Lipinski definition) is 7. The molecule has 1 aromatic rings. The average Bonchev–Trinajstić information content (AvgIpc) is 3.04. The van der Waals surface area contributed by atoms with Crippen LogP contribution >= 0.6 is 11.3 Å². The SMILES string of the molecule is CC[N+](C)(CC)CCO.CC[N+](C)(CC)CCO.Cc1c(C(=O)[O-])sc(C(=O)[O-])c1C. The summed E-state index contributed by atoms with van der Waals surface area (Å²) in [5.74, 6) is -2.70. The van der Waals surface area contributed by atoms with Crippen molar-refractivity contribution < 1.29 is 39.0 Å². The third-order valence-corrected chi connectivity index (χ3v) is 7.51. The lowest BCUT2D eigenvalue weighted by molar-refractivity contribution is -0.906. The first kappa shape index (κ1) is 31.7. The predicted molar refractivity (Wildman–Crippen MR) is 121 cm³/mol. The number of rotatable bonds is 10. The van der Waals surface area contributed by atoms with Crippen LogP contribution in [0.4, 0.5) is 0 Å². The molecule has 182 valence electrons. The number of aliphatic hydroxyl groups is 2. The van der Waals surface area contributed by atoms with E-state index >= 15 is 0 Å². The molecule has 8 nitrogen and oxygen atoms in total. The zero-order chi connectivity index (χ0) is 24.8. The van der Waals surface area contributed by atoms with Gasteiger partial charge in [0.2, 0.25) is 0 Å². The van der Waals surface area contributed by atoms with E-state index in [1.165, 1.54) is 0 Å². The quantitative estimate of drug-likeness (QED) is 0.473. The number of aromatic carboxylic acids is 2. The van der Waals surface area contributed by atoms with E-state index in [2.05, 4.69) is 41.8 Å². The van der Waals surface area contributed by atoms with Gasteiger partial charge < -0.3 is 39.0 Å². The summed E-state index contributed by atoms with van der Waals surface area (Å²) >= 11 is 0.678. The maximum absolute atomic E-state index is 10.5. The van der Waals surface area contributed by atoms with Gasteiger partial charge >= 0.3 is 0 Å². The van der Waals surface area contributed by atoms with Crippen molar-refractivity contribution in [3.8, 4) is 0 Å². The second kappa shape index (κ2) is 15.3. The lowest BCUT2D eigenvalue weighted by atomic mass is 10.1. The monoisotopic (exact) mass is 462 g/mol. The van der Waals surface area contributed by atoms with Crippen LogP contribution in [-0.4, -0.2) is 97.7 Å². The van der Waals surface area contributed by atoms with E-state index in [0.29, 0.717) is 35.7 Å². The molecule has 1 aromatic heterocycles. The molecule has 0 atom stereocenters. The Bertz CT molecular complexity index is 613. The van der Waals surface area contributed by atoms with E-state index in [9.17, 15) is 19.8 Å². The van der Waals surface area contributed by atoms with Crippen molar-refractivity contribution >= 4 is 23.3 Å². The summed E-state index contributed by atoms with van der Waals surface area (Å²) in [6.45, 7) is 18.5. The smallest absolute Gasteiger partial charge is 0.102 e. The van der Waals surface area contributed by atoms with Crippen molar-refractivity contribution in [1.82, 2.24) is 0 Å². The van der Waals surface area contributed by atoms with Crippen LogP contribution in [0.25, 0.3) is 0 Å². The molecule has 0 radical (unpaired) electrons. The number of carbonyl (C=O) groups is 2. The Morgan fingerprint density at radius 3 is 1.10 bits per heavy atom. The molecule has 2 N–H and O–H groups in total. The summed E-state index contributed by atoms with van der Waals surface area (Å²) in [7, 11) is 4.33. The predicted octanol–water partition coefficient (Wildman–Crippen LogP) is 0.0221. The van der Waals surface area contributed by atoms with Gasteiger partial charge in [-0.25, -0.2) is 0 Å². The zero-order valence-electron chi connectivity index (χ0n) is 20.5. The number of nitrogens with zero attached hydrogens (tertiary/aromatic N) is 2. The van der Waals surface area contributed by atoms with E-state index in [4.69, 9.17) is 10.2 Å². The summed E-state index contributed by atoms with van der Waals surface area (Å²) in [4.78, 5) is 20.9. The van der Waals surface area contributed by atoms with Crippen LogP contribution in [0.3, 0.4) is 0 Å². The molecule has 0 aliphatic heterocycles. The molecule has 0 unspecified atom stereocenters. The highest BCUT2D eigenvalue weighted by Crippen LogP contribution is 2.26. The molecule has 0 saturated heterocycles. The fourth-order valence-corrected chi connectivity index (χ4v) is 3.53. The normalized spacial score (nSPS) is 11.2. The van der Waals surface area contributed by atoms with Crippen molar-refractivity contribution in [3.05, 3.63) is 20.9 Å². The van der Waals surface area contributed by atoms with E-state index in [-0.39, 0.29) is 9.75 Å². The zero-order valence-corrected chi connectivity index (χ0v) is 21.3. The number of hydrogen-bond donors (Lipinski definition) is 2. The third kappa shape index (κ3) is 11.1. The van der Waals surface area contributed by atoms with Gasteiger partial charge in [-0.3, -0.25) is 0 Å². The second-order valence-electron chi connectivity index (χ2n) is 7.98. The maximum atomic E-state index is 10.5. The molecule has 0 aliphatic rings. The van der Waals surface area contributed by atoms with Crippen molar-refractivity contribution in [2.75, 3.05) is 66.6 Å². The average molecular weight is 463 g/mol. The van der Waals surface area contributed by atoms with Crippen LogP contribution in [-0.2, 0) is 0 Å². The van der Waals surface area contributed by atoms with E-state index in [1.807, 2.05) is 0 Å². The van der Waals surface area contributed by atoms with Crippen molar-refractivity contribution in [2.24, 2.45) is 0 Å². The standard InChI is InChI=1S/C8H8O4S.2C7H18NO/c1-3-4(2)6(8(11)12)13-5(3)7(9)10;2*1-4-8(3,5-2)6-7-9/h1-2H3,(H,9,10)(H,11,12);2*9H,4-7H2,1-3H3/q;2*+1/p-2. The van der Waals surface area contributed by atoms with Crippen LogP contribution in [0.1, 0.15) is 58.2 Å². The number of aliphatic hydroxyl groups excluding tert-OH is 2. The largest absolute Gasteiger partial charge is 0.544 e. The Morgan fingerprint density at radius 2 is 1.00 bits per heavy atom. The maximum Gasteiger partial charge on any atom is 0.102 e. The minimum Gasteiger partial charge on any atom is -0.544 e. The van der Waals surface area contributed by atoms with Gasteiger partial charge in [0.15, 0.2) is 0 Å². The lowest BCUT2D eigenvalue weighted by Crippen LogP contribution is -2.45. The third-order valence-electron chi connectivity index (χ3n) is 6.15. The fraction of sp³-hybridized carbons (Fsp3) is 0.727. The molecule has 0 saturated carbocycles. The molecule has 31 heavy (non-hydrogen) atoms. The highest BCUT2D eigenvalue weighted by molar-refractivity contribution is 7.16. The Labute approximate surface area is 191 Å². The first-order valence-electron chi connectivity index (χ1n) is 10.7. The molecule has 1 heterocycles. The highest BCUT2D eigenvalue weighted by atomic mass is 32.1. The Hall–Kier alpha value is -1.52. The van der Waals surface area contributed by atoms with Gasteiger partial charge in [0.05, 0.1) is 75.2 Å². The van der Waals surface area contributed by atoms with Gasteiger partial charge in [-0.2, -0.15) is 0 Å². The first-order valence-corrected chi connectivity index (χ1v) is 11.5. The van der Waals surface area contributed by atoms with Gasteiger partial charge in [-0.1, -0.05) is 0 Å². The minimum atomic E-state index is -1.35. The Morgan fingerprint density at radius 1 is 0.742 bits per heavy atom. The number of carboxylic acid groups (broad SMARTS) is 2. The number of likely N-dealkylation sites (N-methyl/N-ethyl adjacent to an activating group) is 2. The first-order chi connectivity index (χ1) is 14.3. The van der Waals surface area contributed by atoms with Crippen molar-refractivity contribution in [1.29, 1.82) is 0 Å². The molecule has 0 fully saturated rings. The highest BCUT2D eigenvalue weighted by Gasteiger charge is 2.15. The van der Waals surface area contributed by atoms with E-state index in [0.717, 1.165) is 48.2 Å². The number of quaternary nitrogens is 2. The van der Waals surface area contributed by atoms with Gasteiger partial charge in [0.1, 0.15) is 13.1 Å². The number of carbonyl (C=O) groups excluding carboxylic acids is 2. The number of thiophene rings is 1. The second-order valence-corrected chi connectivity index (χ2v) is 9.00. The van der Waals surface area contributed by atoms with Crippen LogP contribution < -0.4 is 10.2 Å². The minimum absolute atomic E-state index is 0.0447. The summed E-state index contributed by atoms with van der Waals surface area (Å²) in [6.07, 6.45) is 0. The lowest BCUT2D eigenvalue weighted by Gasteiger charge is -2.31. The topological polar surface area (TPSA) is 121 Å². The van der Waals surface area contributed by atoms with Crippen LogP contribution in [0.5, 0.6) is 0 Å². The summed E-state index contributed by atoms with van der Waals surface area (Å²) in [5.41, 5.74) is 0.869. The molecule has 0 spiro atoms. The summed E-state index contributed by atoms with van der Waals surface area (Å²) in [5, 5.41) is 38.3. The number of carboxylic acids is 2.